The number of esters is 1. The molecule has 1 fully saturated rings. The number of methoxy groups -OCH3 is 1. The quantitative estimate of drug-likeness (QED) is 0.818. The molecule has 1 aliphatic carbocycles. The van der Waals surface area contributed by atoms with Crippen molar-refractivity contribution < 1.29 is 13.9 Å². The van der Waals surface area contributed by atoms with Crippen LogP contribution in [0.2, 0.25) is 0 Å². The largest absolute Gasteiger partial charge is 0.467 e. The maximum atomic E-state index is 13.7. The van der Waals surface area contributed by atoms with E-state index in [0.717, 1.165) is 12.8 Å². The van der Waals surface area contributed by atoms with Gasteiger partial charge in [-0.15, -0.1) is 0 Å². The number of hydrogen-bond donors (Lipinski definition) is 1. The van der Waals surface area contributed by atoms with E-state index in [2.05, 4.69) is 5.32 Å². The van der Waals surface area contributed by atoms with Crippen LogP contribution in [0.1, 0.15) is 26.2 Å². The fourth-order valence-electron chi connectivity index (χ4n) is 2.40. The van der Waals surface area contributed by atoms with E-state index in [0.29, 0.717) is 12.1 Å². The molecule has 0 aliphatic heterocycles. The summed E-state index contributed by atoms with van der Waals surface area (Å²) in [6.45, 7) is 1.92. The number of nitrogens with one attached hydrogen (secondary N) is 1. The number of anilines is 1. The molecule has 1 aliphatic rings. The number of halogens is 1. The van der Waals surface area contributed by atoms with Gasteiger partial charge in [-0.05, 0) is 37.3 Å². The molecule has 98 valence electrons. The standard InChI is InChI=1S/C14H18FNO2/c1-3-14(10-8-9-10,13(17)18-2)16-12-7-5-4-6-11(12)15/h4-7,10,16H,3,8-9H2,1-2H3. The molecule has 0 aromatic heterocycles. The number of hydrogen-bond acceptors (Lipinski definition) is 3. The first kappa shape index (κ1) is 12.9. The predicted molar refractivity (Wildman–Crippen MR) is 67.8 cm³/mol. The van der Waals surface area contributed by atoms with Crippen LogP contribution in [-0.2, 0) is 9.53 Å². The Bertz CT molecular complexity index is 445. The van der Waals surface area contributed by atoms with Crippen molar-refractivity contribution in [1.82, 2.24) is 0 Å². The minimum Gasteiger partial charge on any atom is -0.467 e. The van der Waals surface area contributed by atoms with Gasteiger partial charge in [-0.3, -0.25) is 0 Å². The highest BCUT2D eigenvalue weighted by atomic mass is 19.1. The molecule has 1 aromatic rings. The molecule has 0 heterocycles. The van der Waals surface area contributed by atoms with Gasteiger partial charge in [0.2, 0.25) is 0 Å². The molecule has 1 unspecified atom stereocenters. The number of benzene rings is 1. The zero-order chi connectivity index (χ0) is 13.2. The number of carbonyl (C=O) groups is 1. The van der Waals surface area contributed by atoms with Gasteiger partial charge in [0.1, 0.15) is 11.4 Å². The maximum Gasteiger partial charge on any atom is 0.331 e. The summed E-state index contributed by atoms with van der Waals surface area (Å²) in [6, 6.07) is 6.40. The minimum absolute atomic E-state index is 0.231. The summed E-state index contributed by atoms with van der Waals surface area (Å²) >= 11 is 0. The Balaban J connectivity index is 2.30. The SMILES string of the molecule is CCC(Nc1ccccc1F)(C(=O)OC)C1CC1. The fourth-order valence-corrected chi connectivity index (χ4v) is 2.40. The molecule has 0 bridgehead atoms. The van der Waals surface area contributed by atoms with Crippen LogP contribution >= 0.6 is 0 Å². The third kappa shape index (κ3) is 2.19. The average molecular weight is 251 g/mol. The lowest BCUT2D eigenvalue weighted by Gasteiger charge is -2.32. The topological polar surface area (TPSA) is 38.3 Å². The van der Waals surface area contributed by atoms with Gasteiger partial charge in [-0.25, -0.2) is 9.18 Å². The van der Waals surface area contributed by atoms with Gasteiger partial charge >= 0.3 is 5.97 Å². The summed E-state index contributed by atoms with van der Waals surface area (Å²) in [6.07, 6.45) is 2.54. The second kappa shape index (κ2) is 4.96. The zero-order valence-corrected chi connectivity index (χ0v) is 10.7. The number of carbonyl (C=O) groups excluding carboxylic acids is 1. The summed E-state index contributed by atoms with van der Waals surface area (Å²) in [5.41, 5.74) is -0.437. The average Bonchev–Trinajstić information content (AvgIpc) is 3.22. The maximum absolute atomic E-state index is 13.7. The first-order chi connectivity index (χ1) is 8.64. The Morgan fingerprint density at radius 3 is 2.67 bits per heavy atom. The fraction of sp³-hybridized carbons (Fsp3) is 0.500. The van der Waals surface area contributed by atoms with Crippen molar-refractivity contribution in [3.05, 3.63) is 30.1 Å². The molecule has 3 nitrogen and oxygen atoms in total. The van der Waals surface area contributed by atoms with Crippen molar-refractivity contribution in [2.75, 3.05) is 12.4 Å². The Labute approximate surface area is 106 Å². The Hall–Kier alpha value is -1.58. The van der Waals surface area contributed by atoms with E-state index >= 15 is 0 Å². The van der Waals surface area contributed by atoms with Crippen LogP contribution < -0.4 is 5.32 Å². The van der Waals surface area contributed by atoms with Gasteiger partial charge < -0.3 is 10.1 Å². The highest BCUT2D eigenvalue weighted by Gasteiger charge is 2.51. The first-order valence-corrected chi connectivity index (χ1v) is 6.25. The van der Waals surface area contributed by atoms with E-state index in [1.807, 2.05) is 6.92 Å². The van der Waals surface area contributed by atoms with Gasteiger partial charge in [0.05, 0.1) is 12.8 Å². The molecule has 18 heavy (non-hydrogen) atoms. The smallest absolute Gasteiger partial charge is 0.331 e. The van der Waals surface area contributed by atoms with Crippen LogP contribution in [0.4, 0.5) is 10.1 Å². The van der Waals surface area contributed by atoms with Crippen molar-refractivity contribution in [3.63, 3.8) is 0 Å². The minimum atomic E-state index is -0.795. The third-order valence-electron chi connectivity index (χ3n) is 3.61. The second-order valence-electron chi connectivity index (χ2n) is 4.70. The number of ether oxygens (including phenoxy) is 1. The zero-order valence-electron chi connectivity index (χ0n) is 10.7. The monoisotopic (exact) mass is 251 g/mol. The summed E-state index contributed by atoms with van der Waals surface area (Å²) in [4.78, 5) is 12.1. The van der Waals surface area contributed by atoms with Crippen LogP contribution in [0.5, 0.6) is 0 Å². The van der Waals surface area contributed by atoms with Gasteiger partial charge in [0.15, 0.2) is 0 Å². The Kier molecular flexibility index (Phi) is 3.55. The van der Waals surface area contributed by atoms with Gasteiger partial charge in [-0.2, -0.15) is 0 Å². The normalized spacial score (nSPS) is 17.9. The third-order valence-corrected chi connectivity index (χ3v) is 3.61. The number of para-hydroxylation sites is 1. The van der Waals surface area contributed by atoms with Crippen LogP contribution in [-0.4, -0.2) is 18.6 Å². The molecule has 1 saturated carbocycles. The number of rotatable bonds is 5. The van der Waals surface area contributed by atoms with Gasteiger partial charge in [0, 0.05) is 0 Å². The predicted octanol–water partition coefficient (Wildman–Crippen LogP) is 2.97. The molecular formula is C14H18FNO2. The highest BCUT2D eigenvalue weighted by Crippen LogP contribution is 2.44. The molecule has 4 heteroatoms. The van der Waals surface area contributed by atoms with Crippen molar-refractivity contribution in [2.45, 2.75) is 31.7 Å². The van der Waals surface area contributed by atoms with Crippen LogP contribution in [0.15, 0.2) is 24.3 Å². The lowest BCUT2D eigenvalue weighted by atomic mass is 9.89. The van der Waals surface area contributed by atoms with Crippen molar-refractivity contribution >= 4 is 11.7 Å². The van der Waals surface area contributed by atoms with E-state index < -0.39 is 5.54 Å². The van der Waals surface area contributed by atoms with Gasteiger partial charge in [0.25, 0.3) is 0 Å². The Morgan fingerprint density at radius 1 is 1.50 bits per heavy atom. The first-order valence-electron chi connectivity index (χ1n) is 6.25. The molecule has 2 rings (SSSR count). The highest BCUT2D eigenvalue weighted by molar-refractivity contribution is 5.85. The summed E-state index contributed by atoms with van der Waals surface area (Å²) in [5, 5.41) is 3.07. The molecule has 1 aromatic carbocycles. The van der Waals surface area contributed by atoms with Crippen LogP contribution in [0, 0.1) is 11.7 Å². The Morgan fingerprint density at radius 2 is 2.17 bits per heavy atom. The molecule has 0 radical (unpaired) electrons. The van der Waals surface area contributed by atoms with Crippen LogP contribution in [0.25, 0.3) is 0 Å². The summed E-state index contributed by atoms with van der Waals surface area (Å²) in [5.74, 6) is -0.426. The lowest BCUT2D eigenvalue weighted by Crippen LogP contribution is -2.49. The van der Waals surface area contributed by atoms with Crippen LogP contribution in [0.3, 0.4) is 0 Å². The van der Waals surface area contributed by atoms with E-state index in [4.69, 9.17) is 4.74 Å². The summed E-state index contributed by atoms with van der Waals surface area (Å²) < 4.78 is 18.6. The molecule has 0 spiro atoms. The van der Waals surface area contributed by atoms with E-state index in [9.17, 15) is 9.18 Å². The molecular weight excluding hydrogens is 233 g/mol. The second-order valence-corrected chi connectivity index (χ2v) is 4.70. The lowest BCUT2D eigenvalue weighted by molar-refractivity contribution is -0.147. The van der Waals surface area contributed by atoms with Crippen molar-refractivity contribution in [1.29, 1.82) is 0 Å². The molecule has 0 amide bonds. The van der Waals surface area contributed by atoms with E-state index in [-0.39, 0.29) is 17.7 Å². The van der Waals surface area contributed by atoms with Gasteiger partial charge in [-0.1, -0.05) is 19.1 Å². The van der Waals surface area contributed by atoms with Crippen molar-refractivity contribution in [3.8, 4) is 0 Å². The van der Waals surface area contributed by atoms with E-state index in [1.54, 1.807) is 18.2 Å². The molecule has 1 atom stereocenters. The van der Waals surface area contributed by atoms with E-state index in [1.165, 1.54) is 13.2 Å². The molecule has 1 N–H and O–H groups in total. The summed E-state index contributed by atoms with van der Waals surface area (Å²) in [7, 11) is 1.37. The molecule has 0 saturated heterocycles. The van der Waals surface area contributed by atoms with Crippen molar-refractivity contribution in [2.24, 2.45) is 5.92 Å².